The number of anilines is 1. The molecule has 0 aliphatic carbocycles. The highest BCUT2D eigenvalue weighted by Gasteiger charge is 2.35. The fourth-order valence-corrected chi connectivity index (χ4v) is 1.96. The molecule has 0 bridgehead atoms. The Labute approximate surface area is 147 Å². The molecule has 0 unspecified atom stereocenters. The highest BCUT2D eigenvalue weighted by atomic mass is 19.4. The fourth-order valence-electron chi connectivity index (χ4n) is 1.96. The standard InChI is InChI=1S/C16H10F7NO3/c17-7-15(19,20)27-13-4-1-8(16(21,22)23)5-11(13)24-14(26)10-6-9(18)2-3-12(10)25/h1-6,25H,7H2,(H,24,26). The Bertz CT molecular complexity index is 852. The number of amides is 1. The maximum absolute atomic E-state index is 13.2. The zero-order chi connectivity index (χ0) is 20.4. The minimum atomic E-state index is -4.89. The molecule has 0 saturated heterocycles. The van der Waals surface area contributed by atoms with E-state index in [1.807, 2.05) is 5.32 Å². The molecule has 2 N–H and O–H groups in total. The number of aromatic hydroxyl groups is 1. The van der Waals surface area contributed by atoms with E-state index in [9.17, 15) is 40.6 Å². The summed E-state index contributed by atoms with van der Waals surface area (Å²) >= 11 is 0. The van der Waals surface area contributed by atoms with Gasteiger partial charge in [-0.25, -0.2) is 8.78 Å². The summed E-state index contributed by atoms with van der Waals surface area (Å²) in [6.07, 6.45) is -9.25. The van der Waals surface area contributed by atoms with Crippen LogP contribution in [-0.2, 0) is 6.18 Å². The first-order valence-corrected chi connectivity index (χ1v) is 7.07. The number of hydrogen-bond donors (Lipinski definition) is 2. The Kier molecular flexibility index (Phi) is 5.52. The molecule has 0 heterocycles. The average Bonchev–Trinajstić information content (AvgIpc) is 2.57. The second-order valence-electron chi connectivity index (χ2n) is 5.20. The fraction of sp³-hybridized carbons (Fsp3) is 0.188. The van der Waals surface area contributed by atoms with Gasteiger partial charge in [0.2, 0.25) is 0 Å². The molecule has 0 atom stereocenters. The van der Waals surface area contributed by atoms with E-state index in [0.717, 1.165) is 12.1 Å². The molecule has 27 heavy (non-hydrogen) atoms. The first-order chi connectivity index (χ1) is 12.4. The van der Waals surface area contributed by atoms with Gasteiger partial charge in [0.05, 0.1) is 16.8 Å². The van der Waals surface area contributed by atoms with Crippen molar-refractivity contribution in [2.24, 2.45) is 0 Å². The van der Waals surface area contributed by atoms with Gasteiger partial charge in [-0.05, 0) is 36.4 Å². The van der Waals surface area contributed by atoms with E-state index in [0.29, 0.717) is 18.2 Å². The number of carbonyl (C=O) groups is 1. The number of nitrogens with one attached hydrogen (secondary N) is 1. The van der Waals surface area contributed by atoms with Crippen LogP contribution in [0.2, 0.25) is 0 Å². The van der Waals surface area contributed by atoms with Crippen molar-refractivity contribution in [2.45, 2.75) is 12.3 Å². The lowest BCUT2D eigenvalue weighted by molar-refractivity contribution is -0.186. The first-order valence-electron chi connectivity index (χ1n) is 7.07. The maximum atomic E-state index is 13.2. The summed E-state index contributed by atoms with van der Waals surface area (Å²) in [5, 5.41) is 11.4. The maximum Gasteiger partial charge on any atom is 0.427 e. The monoisotopic (exact) mass is 397 g/mol. The molecule has 0 fully saturated rings. The highest BCUT2D eigenvalue weighted by Crippen LogP contribution is 2.37. The van der Waals surface area contributed by atoms with Gasteiger partial charge in [-0.15, -0.1) is 0 Å². The minimum Gasteiger partial charge on any atom is -0.507 e. The number of carbonyl (C=O) groups excluding carboxylic acids is 1. The molecule has 2 rings (SSSR count). The molecule has 0 aliphatic rings. The Morgan fingerprint density at radius 3 is 2.33 bits per heavy atom. The first kappa shape index (κ1) is 20.3. The zero-order valence-electron chi connectivity index (χ0n) is 13.1. The van der Waals surface area contributed by atoms with Crippen LogP contribution in [0.15, 0.2) is 36.4 Å². The van der Waals surface area contributed by atoms with Crippen molar-refractivity contribution >= 4 is 11.6 Å². The number of ether oxygens (including phenoxy) is 1. The second-order valence-corrected chi connectivity index (χ2v) is 5.20. The van der Waals surface area contributed by atoms with Crippen LogP contribution in [0, 0.1) is 5.82 Å². The van der Waals surface area contributed by atoms with Crippen LogP contribution in [0.1, 0.15) is 15.9 Å². The summed E-state index contributed by atoms with van der Waals surface area (Å²) in [5.41, 5.74) is -2.88. The molecule has 11 heteroatoms. The van der Waals surface area contributed by atoms with Gasteiger partial charge in [-0.1, -0.05) is 0 Å². The third kappa shape index (κ3) is 5.02. The molecule has 1 amide bonds. The van der Waals surface area contributed by atoms with E-state index in [-0.39, 0.29) is 6.07 Å². The summed E-state index contributed by atoms with van der Waals surface area (Å²) in [4.78, 5) is 12.1. The third-order valence-electron chi connectivity index (χ3n) is 3.17. The third-order valence-corrected chi connectivity index (χ3v) is 3.17. The summed E-state index contributed by atoms with van der Waals surface area (Å²) in [6, 6.07) is 3.33. The number of alkyl halides is 6. The van der Waals surface area contributed by atoms with Gasteiger partial charge in [-0.3, -0.25) is 4.79 Å². The molecule has 0 spiro atoms. The summed E-state index contributed by atoms with van der Waals surface area (Å²) < 4.78 is 94.2. The molecular weight excluding hydrogens is 387 g/mol. The van der Waals surface area contributed by atoms with E-state index in [2.05, 4.69) is 4.74 Å². The number of hydrogen-bond acceptors (Lipinski definition) is 3. The van der Waals surface area contributed by atoms with Gasteiger partial charge in [-0.2, -0.15) is 22.0 Å². The van der Waals surface area contributed by atoms with Crippen LogP contribution < -0.4 is 10.1 Å². The van der Waals surface area contributed by atoms with Gasteiger partial charge in [0, 0.05) is 0 Å². The summed E-state index contributed by atoms with van der Waals surface area (Å²) in [6.45, 7) is -2.27. The van der Waals surface area contributed by atoms with Crippen molar-refractivity contribution in [3.8, 4) is 11.5 Å². The largest absolute Gasteiger partial charge is 0.507 e. The number of phenolic OH excluding ortho intramolecular Hbond substituents is 1. The minimum absolute atomic E-state index is 0.276. The van der Waals surface area contributed by atoms with Gasteiger partial charge in [0.25, 0.3) is 5.91 Å². The molecule has 0 aliphatic heterocycles. The quantitative estimate of drug-likeness (QED) is 0.717. The average molecular weight is 397 g/mol. The van der Waals surface area contributed by atoms with E-state index in [1.165, 1.54) is 0 Å². The number of rotatable bonds is 5. The molecule has 146 valence electrons. The molecule has 2 aromatic carbocycles. The van der Waals surface area contributed by atoms with E-state index < -0.39 is 59.0 Å². The van der Waals surface area contributed by atoms with Crippen LogP contribution in [-0.4, -0.2) is 23.8 Å². The Morgan fingerprint density at radius 1 is 1.07 bits per heavy atom. The Balaban J connectivity index is 2.45. The summed E-state index contributed by atoms with van der Waals surface area (Å²) in [5.74, 6) is -3.92. The molecule has 4 nitrogen and oxygen atoms in total. The van der Waals surface area contributed by atoms with Crippen LogP contribution in [0.3, 0.4) is 0 Å². The number of benzene rings is 2. The van der Waals surface area contributed by atoms with Crippen molar-refractivity contribution < 1.29 is 45.4 Å². The predicted octanol–water partition coefficient (Wildman–Crippen LogP) is 4.74. The Hall–Kier alpha value is -2.98. The molecule has 2 aromatic rings. The SMILES string of the molecule is O=C(Nc1cc(C(F)(F)F)ccc1OC(F)(F)CF)c1cc(F)ccc1O. The topological polar surface area (TPSA) is 58.6 Å². The molecular formula is C16H10F7NO3. The van der Waals surface area contributed by atoms with Gasteiger partial charge in [0.15, 0.2) is 6.67 Å². The Morgan fingerprint density at radius 2 is 1.74 bits per heavy atom. The van der Waals surface area contributed by atoms with Crippen molar-refractivity contribution in [3.05, 3.63) is 53.3 Å². The zero-order valence-corrected chi connectivity index (χ0v) is 13.1. The summed E-state index contributed by atoms with van der Waals surface area (Å²) in [7, 11) is 0. The predicted molar refractivity (Wildman–Crippen MR) is 79.0 cm³/mol. The molecule has 0 radical (unpaired) electrons. The van der Waals surface area contributed by atoms with Crippen molar-refractivity contribution in [3.63, 3.8) is 0 Å². The van der Waals surface area contributed by atoms with Crippen LogP contribution in [0.4, 0.5) is 36.4 Å². The van der Waals surface area contributed by atoms with Crippen LogP contribution in [0.25, 0.3) is 0 Å². The number of phenols is 1. The van der Waals surface area contributed by atoms with Gasteiger partial charge < -0.3 is 15.2 Å². The van der Waals surface area contributed by atoms with Crippen molar-refractivity contribution in [1.29, 1.82) is 0 Å². The lowest BCUT2D eigenvalue weighted by atomic mass is 10.1. The smallest absolute Gasteiger partial charge is 0.427 e. The lowest BCUT2D eigenvalue weighted by Gasteiger charge is -2.19. The lowest BCUT2D eigenvalue weighted by Crippen LogP contribution is -2.28. The van der Waals surface area contributed by atoms with Gasteiger partial charge in [0.1, 0.15) is 17.3 Å². The van der Waals surface area contributed by atoms with Gasteiger partial charge >= 0.3 is 12.3 Å². The van der Waals surface area contributed by atoms with Crippen molar-refractivity contribution in [1.82, 2.24) is 0 Å². The van der Waals surface area contributed by atoms with Crippen LogP contribution >= 0.6 is 0 Å². The second kappa shape index (κ2) is 7.33. The van der Waals surface area contributed by atoms with E-state index in [1.54, 1.807) is 0 Å². The van der Waals surface area contributed by atoms with E-state index in [4.69, 9.17) is 0 Å². The van der Waals surface area contributed by atoms with Crippen molar-refractivity contribution in [2.75, 3.05) is 12.0 Å². The normalized spacial score (nSPS) is 12.0. The highest BCUT2D eigenvalue weighted by molar-refractivity contribution is 6.06. The molecule has 0 aromatic heterocycles. The number of halogens is 7. The van der Waals surface area contributed by atoms with Crippen LogP contribution in [0.5, 0.6) is 11.5 Å². The molecule has 0 saturated carbocycles. The van der Waals surface area contributed by atoms with E-state index >= 15 is 0 Å².